The summed E-state index contributed by atoms with van der Waals surface area (Å²) in [5, 5.41) is 0. The predicted molar refractivity (Wildman–Crippen MR) is 98.2 cm³/mol. The summed E-state index contributed by atoms with van der Waals surface area (Å²) in [7, 11) is 1.61. The maximum atomic E-state index is 12.7. The number of methoxy groups -OCH3 is 1. The molecule has 0 unspecified atom stereocenters. The van der Waals surface area contributed by atoms with E-state index in [2.05, 4.69) is 0 Å². The summed E-state index contributed by atoms with van der Waals surface area (Å²) in [6.45, 7) is 2.04. The van der Waals surface area contributed by atoms with Gasteiger partial charge in [-0.15, -0.1) is 0 Å². The summed E-state index contributed by atoms with van der Waals surface area (Å²) in [4.78, 5) is 29.2. The van der Waals surface area contributed by atoms with Crippen LogP contribution in [0, 0.1) is 0 Å². The number of amides is 2. The summed E-state index contributed by atoms with van der Waals surface area (Å²) in [5.74, 6) is 0.912. The van der Waals surface area contributed by atoms with E-state index in [1.807, 2.05) is 34.1 Å². The molecule has 5 heteroatoms. The van der Waals surface area contributed by atoms with Crippen molar-refractivity contribution in [2.75, 3.05) is 20.2 Å². The van der Waals surface area contributed by atoms with Crippen molar-refractivity contribution in [2.24, 2.45) is 0 Å². The first-order valence-electron chi connectivity index (χ1n) is 8.99. The summed E-state index contributed by atoms with van der Waals surface area (Å²) in [6.07, 6.45) is 1.64. The number of benzene rings is 2. The highest BCUT2D eigenvalue weighted by Crippen LogP contribution is 2.28. The number of nitrogens with zero attached hydrogens (tertiary/aromatic N) is 2. The fourth-order valence-electron chi connectivity index (χ4n) is 3.87. The second-order valence-corrected chi connectivity index (χ2v) is 6.84. The van der Waals surface area contributed by atoms with Crippen LogP contribution in [-0.4, -0.2) is 47.9 Å². The van der Waals surface area contributed by atoms with Gasteiger partial charge < -0.3 is 14.5 Å². The minimum atomic E-state index is 0.0436. The van der Waals surface area contributed by atoms with E-state index in [1.54, 1.807) is 31.4 Å². The molecule has 0 N–H and O–H groups in total. The Hall–Kier alpha value is -2.82. The van der Waals surface area contributed by atoms with Crippen LogP contribution in [0.3, 0.4) is 0 Å². The van der Waals surface area contributed by atoms with Gasteiger partial charge in [0.1, 0.15) is 5.75 Å². The van der Waals surface area contributed by atoms with E-state index < -0.39 is 0 Å². The van der Waals surface area contributed by atoms with E-state index in [9.17, 15) is 9.59 Å². The van der Waals surface area contributed by atoms with E-state index in [1.165, 1.54) is 0 Å². The predicted octanol–water partition coefficient (Wildman–Crippen LogP) is 2.96. The van der Waals surface area contributed by atoms with Crippen LogP contribution >= 0.6 is 0 Å². The Bertz CT molecular complexity index is 823. The SMILES string of the molecule is COc1ccc(C(=O)N2CCC(N3Cc4ccccc4C3=O)CC2)cc1. The second kappa shape index (κ2) is 6.83. The van der Waals surface area contributed by atoms with E-state index in [0.29, 0.717) is 25.2 Å². The van der Waals surface area contributed by atoms with E-state index in [4.69, 9.17) is 4.74 Å². The van der Waals surface area contributed by atoms with Gasteiger partial charge in [0.25, 0.3) is 11.8 Å². The van der Waals surface area contributed by atoms with Crippen LogP contribution < -0.4 is 4.74 Å². The Morgan fingerprint density at radius 1 is 1.04 bits per heavy atom. The fourth-order valence-corrected chi connectivity index (χ4v) is 3.87. The van der Waals surface area contributed by atoms with E-state index in [0.717, 1.165) is 29.7 Å². The van der Waals surface area contributed by atoms with Crippen molar-refractivity contribution < 1.29 is 14.3 Å². The molecule has 2 heterocycles. The first kappa shape index (κ1) is 16.6. The van der Waals surface area contributed by atoms with Crippen molar-refractivity contribution in [2.45, 2.75) is 25.4 Å². The molecule has 2 aromatic carbocycles. The van der Waals surface area contributed by atoms with Gasteiger partial charge in [0, 0.05) is 36.8 Å². The summed E-state index contributed by atoms with van der Waals surface area (Å²) in [6, 6.07) is 15.2. The lowest BCUT2D eigenvalue weighted by molar-refractivity contribution is 0.0535. The molecule has 5 nitrogen and oxygen atoms in total. The van der Waals surface area contributed by atoms with Gasteiger partial charge in [0.15, 0.2) is 0 Å². The third kappa shape index (κ3) is 2.94. The van der Waals surface area contributed by atoms with Crippen LogP contribution in [0.5, 0.6) is 5.75 Å². The van der Waals surface area contributed by atoms with Gasteiger partial charge >= 0.3 is 0 Å². The molecule has 0 atom stereocenters. The molecule has 2 amide bonds. The highest BCUT2D eigenvalue weighted by molar-refractivity contribution is 5.98. The first-order valence-corrected chi connectivity index (χ1v) is 8.99. The number of carbonyl (C=O) groups is 2. The quantitative estimate of drug-likeness (QED) is 0.855. The Morgan fingerprint density at radius 3 is 2.38 bits per heavy atom. The first-order chi connectivity index (χ1) is 12.7. The van der Waals surface area contributed by atoms with Crippen molar-refractivity contribution >= 4 is 11.8 Å². The van der Waals surface area contributed by atoms with Gasteiger partial charge in [-0.3, -0.25) is 9.59 Å². The molecule has 2 aliphatic heterocycles. The molecule has 2 aromatic rings. The molecular weight excluding hydrogens is 328 g/mol. The molecule has 4 rings (SSSR count). The zero-order valence-electron chi connectivity index (χ0n) is 14.9. The molecule has 134 valence electrons. The number of hydrogen-bond donors (Lipinski definition) is 0. The van der Waals surface area contributed by atoms with Crippen molar-refractivity contribution in [1.82, 2.24) is 9.80 Å². The van der Waals surface area contributed by atoms with Crippen LogP contribution in [0.4, 0.5) is 0 Å². The second-order valence-electron chi connectivity index (χ2n) is 6.84. The van der Waals surface area contributed by atoms with Crippen LogP contribution in [0.25, 0.3) is 0 Å². The monoisotopic (exact) mass is 350 g/mol. The lowest BCUT2D eigenvalue weighted by atomic mass is 10.0. The lowest BCUT2D eigenvalue weighted by Crippen LogP contribution is -2.46. The maximum absolute atomic E-state index is 12.7. The van der Waals surface area contributed by atoms with E-state index in [-0.39, 0.29) is 17.9 Å². The lowest BCUT2D eigenvalue weighted by Gasteiger charge is -2.36. The zero-order valence-corrected chi connectivity index (χ0v) is 14.9. The summed E-state index contributed by atoms with van der Waals surface area (Å²) in [5.41, 5.74) is 2.60. The van der Waals surface area contributed by atoms with Crippen molar-refractivity contribution in [3.63, 3.8) is 0 Å². The van der Waals surface area contributed by atoms with E-state index >= 15 is 0 Å². The van der Waals surface area contributed by atoms with Gasteiger partial charge in [-0.1, -0.05) is 18.2 Å². The molecule has 0 radical (unpaired) electrons. The molecule has 0 spiro atoms. The average Bonchev–Trinajstić information content (AvgIpc) is 3.04. The van der Waals surface area contributed by atoms with Crippen LogP contribution in [0.15, 0.2) is 48.5 Å². The molecule has 0 bridgehead atoms. The standard InChI is InChI=1S/C21H22N2O3/c1-26-18-8-6-15(7-9-18)20(24)22-12-10-17(11-13-22)23-14-16-4-2-3-5-19(16)21(23)25/h2-9,17H,10-14H2,1H3. The third-order valence-electron chi connectivity index (χ3n) is 5.38. The van der Waals surface area contributed by atoms with Crippen LogP contribution in [0.2, 0.25) is 0 Å². The molecule has 2 aliphatic rings. The van der Waals surface area contributed by atoms with Crippen molar-refractivity contribution in [3.8, 4) is 5.75 Å². The average molecular weight is 350 g/mol. The summed E-state index contributed by atoms with van der Waals surface area (Å²) < 4.78 is 5.14. The number of carbonyl (C=O) groups excluding carboxylic acids is 2. The number of likely N-dealkylation sites (tertiary alicyclic amines) is 1. The number of ether oxygens (including phenoxy) is 1. The Morgan fingerprint density at radius 2 is 1.73 bits per heavy atom. The number of fused-ring (bicyclic) bond motifs is 1. The Labute approximate surface area is 153 Å². The largest absolute Gasteiger partial charge is 0.497 e. The summed E-state index contributed by atoms with van der Waals surface area (Å²) >= 11 is 0. The number of rotatable bonds is 3. The van der Waals surface area contributed by atoms with Gasteiger partial charge in [0.05, 0.1) is 7.11 Å². The molecule has 26 heavy (non-hydrogen) atoms. The molecular formula is C21H22N2O3. The van der Waals surface area contributed by atoms with Gasteiger partial charge in [-0.05, 0) is 48.7 Å². The fraction of sp³-hybridized carbons (Fsp3) is 0.333. The normalized spacial score (nSPS) is 17.3. The highest BCUT2D eigenvalue weighted by Gasteiger charge is 2.35. The topological polar surface area (TPSA) is 49.9 Å². The minimum absolute atomic E-state index is 0.0436. The van der Waals surface area contributed by atoms with Crippen LogP contribution in [-0.2, 0) is 6.54 Å². The molecule has 0 aromatic heterocycles. The van der Waals surface area contributed by atoms with Crippen molar-refractivity contribution in [3.05, 3.63) is 65.2 Å². The maximum Gasteiger partial charge on any atom is 0.254 e. The molecule has 1 saturated heterocycles. The molecule has 0 saturated carbocycles. The van der Waals surface area contributed by atoms with Gasteiger partial charge in [0.2, 0.25) is 0 Å². The zero-order chi connectivity index (χ0) is 18.1. The number of piperidine rings is 1. The molecule has 1 fully saturated rings. The van der Waals surface area contributed by atoms with Gasteiger partial charge in [-0.25, -0.2) is 0 Å². The molecule has 0 aliphatic carbocycles. The highest BCUT2D eigenvalue weighted by atomic mass is 16.5. The third-order valence-corrected chi connectivity index (χ3v) is 5.38. The van der Waals surface area contributed by atoms with Crippen molar-refractivity contribution in [1.29, 1.82) is 0 Å². The van der Waals surface area contributed by atoms with Crippen LogP contribution in [0.1, 0.15) is 39.1 Å². The van der Waals surface area contributed by atoms with Gasteiger partial charge in [-0.2, -0.15) is 0 Å². The smallest absolute Gasteiger partial charge is 0.254 e. The number of hydrogen-bond acceptors (Lipinski definition) is 3. The Balaban J connectivity index is 1.38. The minimum Gasteiger partial charge on any atom is -0.497 e. The Kier molecular flexibility index (Phi) is 4.37.